The van der Waals surface area contributed by atoms with Crippen LogP contribution in [0.25, 0.3) is 0 Å². The van der Waals surface area contributed by atoms with E-state index in [4.69, 9.17) is 24.3 Å². The molecule has 3 N–H and O–H groups in total. The first-order valence-corrected chi connectivity index (χ1v) is 23.2. The lowest BCUT2D eigenvalue weighted by molar-refractivity contribution is -0.161. The standard InChI is InChI=1S/C49H76NO8P/c1-3-5-7-9-11-13-15-17-19-21-23-25-27-29-31-33-35-37-39-41-48(51)55-45-47(46-57-59(53,54)56-44-43-50)58-49(52)42-40-38-36-34-32-30-28-26-24-22-20-18-16-14-12-10-8-6-4-2/h5-8,11-14,17-20,23-26,29-32,35,37,47H,3-4,9-10,15-16,21-22,27-28,33-34,36,38-46,50H2,1-2H3,(H,53,54)/t47-/m1/s1. The first-order valence-electron chi connectivity index (χ1n) is 21.7. The molecule has 10 heteroatoms. The van der Waals surface area contributed by atoms with Crippen LogP contribution in [0.1, 0.15) is 129 Å². The van der Waals surface area contributed by atoms with Gasteiger partial charge in [-0.05, 0) is 96.3 Å². The highest BCUT2D eigenvalue weighted by molar-refractivity contribution is 7.47. The molecule has 0 radical (unpaired) electrons. The minimum absolute atomic E-state index is 0.0295. The summed E-state index contributed by atoms with van der Waals surface area (Å²) in [7, 11) is -4.42. The van der Waals surface area contributed by atoms with Gasteiger partial charge in [-0.3, -0.25) is 18.6 Å². The van der Waals surface area contributed by atoms with Crippen molar-refractivity contribution in [1.29, 1.82) is 0 Å². The highest BCUT2D eigenvalue weighted by Crippen LogP contribution is 2.43. The summed E-state index contributed by atoms with van der Waals surface area (Å²) in [6.45, 7) is 3.34. The molecule has 0 aromatic heterocycles. The molecule has 0 aromatic rings. The Morgan fingerprint density at radius 3 is 1.34 bits per heavy atom. The van der Waals surface area contributed by atoms with Crippen molar-refractivity contribution in [2.24, 2.45) is 5.73 Å². The maximum absolute atomic E-state index is 12.6. The van der Waals surface area contributed by atoms with Gasteiger partial charge in [-0.1, -0.05) is 154 Å². The average molecular weight is 838 g/mol. The molecule has 0 aliphatic rings. The molecule has 0 rings (SSSR count). The smallest absolute Gasteiger partial charge is 0.462 e. The average Bonchev–Trinajstić information content (AvgIpc) is 3.22. The Bertz CT molecular complexity index is 1420. The number of hydrogen-bond acceptors (Lipinski definition) is 8. The predicted octanol–water partition coefficient (Wildman–Crippen LogP) is 12.7. The van der Waals surface area contributed by atoms with E-state index in [0.717, 1.165) is 89.9 Å². The molecule has 0 saturated carbocycles. The van der Waals surface area contributed by atoms with Gasteiger partial charge < -0.3 is 20.1 Å². The number of carbonyl (C=O) groups excluding carboxylic acids is 2. The maximum Gasteiger partial charge on any atom is 0.472 e. The SMILES string of the molecule is CCC=CCC=CCC=CCC=CCC=CCC=CCCC(=O)OC[C@H](COP(=O)(O)OCCN)OC(=O)CCCCCC=CCC=CCC=CCC=CCC=CCC. The van der Waals surface area contributed by atoms with Gasteiger partial charge in [0.2, 0.25) is 0 Å². The van der Waals surface area contributed by atoms with E-state index in [2.05, 4.69) is 135 Å². The summed E-state index contributed by atoms with van der Waals surface area (Å²) in [5, 5.41) is 0. The zero-order chi connectivity index (χ0) is 43.2. The van der Waals surface area contributed by atoms with Gasteiger partial charge in [0.15, 0.2) is 6.10 Å². The third-order valence-electron chi connectivity index (χ3n) is 8.05. The maximum atomic E-state index is 12.6. The normalized spacial score (nSPS) is 14.6. The van der Waals surface area contributed by atoms with E-state index in [1.165, 1.54) is 0 Å². The topological polar surface area (TPSA) is 134 Å². The van der Waals surface area contributed by atoms with Crippen LogP contribution in [-0.4, -0.2) is 49.3 Å². The first kappa shape index (κ1) is 55.2. The molecule has 0 spiro atoms. The first-order chi connectivity index (χ1) is 28.8. The molecule has 0 aromatic carbocycles. The van der Waals surface area contributed by atoms with Crippen molar-refractivity contribution in [3.63, 3.8) is 0 Å². The minimum atomic E-state index is -4.42. The van der Waals surface area contributed by atoms with E-state index < -0.39 is 32.5 Å². The van der Waals surface area contributed by atoms with Crippen molar-refractivity contribution in [1.82, 2.24) is 0 Å². The van der Waals surface area contributed by atoms with Crippen LogP contribution in [0.4, 0.5) is 0 Å². The van der Waals surface area contributed by atoms with E-state index >= 15 is 0 Å². The zero-order valence-electron chi connectivity index (χ0n) is 36.2. The monoisotopic (exact) mass is 838 g/mol. The summed E-state index contributed by atoms with van der Waals surface area (Å²) in [4.78, 5) is 34.9. The van der Waals surface area contributed by atoms with Gasteiger partial charge in [-0.2, -0.15) is 0 Å². The van der Waals surface area contributed by atoms with Crippen molar-refractivity contribution >= 4 is 19.8 Å². The van der Waals surface area contributed by atoms with E-state index in [1.54, 1.807) is 0 Å². The molecular formula is C49H76NO8P. The number of nitrogens with two attached hydrogens (primary N) is 1. The van der Waals surface area contributed by atoms with Crippen LogP contribution in [0.5, 0.6) is 0 Å². The quantitative estimate of drug-likeness (QED) is 0.0270. The van der Waals surface area contributed by atoms with Crippen LogP contribution in [0, 0.1) is 0 Å². The number of hydrogen-bond donors (Lipinski definition) is 2. The molecule has 59 heavy (non-hydrogen) atoms. The largest absolute Gasteiger partial charge is 0.472 e. The van der Waals surface area contributed by atoms with Gasteiger partial charge in [0.05, 0.1) is 13.2 Å². The molecule has 0 saturated heterocycles. The Kier molecular flexibility index (Phi) is 40.9. The molecule has 0 heterocycles. The second kappa shape index (κ2) is 43.7. The number of carbonyl (C=O) groups is 2. The lowest BCUT2D eigenvalue weighted by Gasteiger charge is -2.19. The van der Waals surface area contributed by atoms with Crippen LogP contribution >= 0.6 is 7.82 Å². The molecule has 0 bridgehead atoms. The van der Waals surface area contributed by atoms with Crippen LogP contribution in [-0.2, 0) is 32.7 Å². The lowest BCUT2D eigenvalue weighted by atomic mass is 10.1. The predicted molar refractivity (Wildman–Crippen MR) is 247 cm³/mol. The Morgan fingerprint density at radius 2 is 0.915 bits per heavy atom. The summed E-state index contributed by atoms with van der Waals surface area (Å²) >= 11 is 0. The molecule has 330 valence electrons. The second-order valence-electron chi connectivity index (χ2n) is 13.4. The van der Waals surface area contributed by atoms with E-state index in [1.807, 2.05) is 12.2 Å². The Morgan fingerprint density at radius 1 is 0.508 bits per heavy atom. The zero-order valence-corrected chi connectivity index (χ0v) is 37.1. The van der Waals surface area contributed by atoms with Gasteiger partial charge in [-0.25, -0.2) is 4.57 Å². The minimum Gasteiger partial charge on any atom is -0.462 e. The van der Waals surface area contributed by atoms with E-state index in [-0.39, 0.29) is 32.6 Å². The fraction of sp³-hybridized carbons (Fsp3) is 0.510. The van der Waals surface area contributed by atoms with Crippen LogP contribution in [0.15, 0.2) is 134 Å². The van der Waals surface area contributed by atoms with Crippen LogP contribution in [0.3, 0.4) is 0 Å². The van der Waals surface area contributed by atoms with Crippen LogP contribution in [0.2, 0.25) is 0 Å². The number of rotatable bonds is 38. The van der Waals surface area contributed by atoms with Crippen molar-refractivity contribution in [3.8, 4) is 0 Å². The number of allylic oxidation sites excluding steroid dienone is 22. The van der Waals surface area contributed by atoms with Gasteiger partial charge >= 0.3 is 19.8 Å². The summed E-state index contributed by atoms with van der Waals surface area (Å²) in [6, 6.07) is 0. The van der Waals surface area contributed by atoms with Crippen molar-refractivity contribution in [2.75, 3.05) is 26.4 Å². The van der Waals surface area contributed by atoms with Gasteiger partial charge in [0, 0.05) is 19.4 Å². The van der Waals surface area contributed by atoms with Crippen molar-refractivity contribution in [3.05, 3.63) is 134 Å². The molecule has 0 amide bonds. The molecule has 2 atom stereocenters. The third-order valence-corrected chi connectivity index (χ3v) is 9.03. The number of phosphoric ester groups is 1. The van der Waals surface area contributed by atoms with Gasteiger partial charge in [0.25, 0.3) is 0 Å². The number of phosphoric acid groups is 1. The second-order valence-corrected chi connectivity index (χ2v) is 14.9. The Labute approximate surface area is 357 Å². The number of ether oxygens (including phenoxy) is 2. The molecule has 1 unspecified atom stereocenters. The molecular weight excluding hydrogens is 762 g/mol. The molecule has 0 aliphatic carbocycles. The summed E-state index contributed by atoms with van der Waals surface area (Å²) < 4.78 is 32.7. The number of esters is 2. The molecule has 0 aliphatic heterocycles. The Balaban J connectivity index is 4.38. The van der Waals surface area contributed by atoms with Crippen molar-refractivity contribution in [2.45, 2.75) is 136 Å². The lowest BCUT2D eigenvalue weighted by Crippen LogP contribution is -2.29. The number of unbranched alkanes of at least 4 members (excludes halogenated alkanes) is 3. The highest BCUT2D eigenvalue weighted by atomic mass is 31.2. The summed E-state index contributed by atoms with van der Waals surface area (Å²) in [5.41, 5.74) is 5.34. The fourth-order valence-corrected chi connectivity index (χ4v) is 5.68. The fourth-order valence-electron chi connectivity index (χ4n) is 4.92. The van der Waals surface area contributed by atoms with Gasteiger partial charge in [-0.15, -0.1) is 0 Å². The molecule has 0 fully saturated rings. The van der Waals surface area contributed by atoms with E-state index in [9.17, 15) is 19.0 Å². The molecule has 9 nitrogen and oxygen atoms in total. The van der Waals surface area contributed by atoms with Crippen molar-refractivity contribution < 1.29 is 37.6 Å². The van der Waals surface area contributed by atoms with Gasteiger partial charge in [0.1, 0.15) is 6.61 Å². The van der Waals surface area contributed by atoms with E-state index in [0.29, 0.717) is 12.8 Å². The summed E-state index contributed by atoms with van der Waals surface area (Å²) in [5.74, 6) is -0.981. The van der Waals surface area contributed by atoms with Crippen LogP contribution < -0.4 is 5.73 Å². The Hall–Kier alpha value is -3.85. The summed E-state index contributed by atoms with van der Waals surface area (Å²) in [6.07, 6.45) is 60.7. The third kappa shape index (κ3) is 43.6. The highest BCUT2D eigenvalue weighted by Gasteiger charge is 2.25.